The van der Waals surface area contributed by atoms with Crippen LogP contribution in [0.25, 0.3) is 0 Å². The maximum absolute atomic E-state index is 4.36. The molecule has 1 aliphatic rings. The maximum atomic E-state index is 4.36. The summed E-state index contributed by atoms with van der Waals surface area (Å²) in [6.45, 7) is 6.05. The van der Waals surface area contributed by atoms with Crippen molar-refractivity contribution >= 4 is 5.96 Å². The first-order valence-corrected chi connectivity index (χ1v) is 8.95. The van der Waals surface area contributed by atoms with E-state index in [0.717, 1.165) is 38.6 Å². The number of aliphatic imine (C=N–C) groups is 1. The van der Waals surface area contributed by atoms with Crippen molar-refractivity contribution in [2.24, 2.45) is 4.99 Å². The molecule has 1 fully saturated rings. The van der Waals surface area contributed by atoms with Crippen molar-refractivity contribution in [1.82, 2.24) is 25.1 Å². The van der Waals surface area contributed by atoms with E-state index < -0.39 is 0 Å². The van der Waals surface area contributed by atoms with E-state index in [2.05, 4.69) is 67.3 Å². The highest BCUT2D eigenvalue weighted by molar-refractivity contribution is 5.80. The molecule has 6 heteroatoms. The molecule has 2 aromatic rings. The van der Waals surface area contributed by atoms with Gasteiger partial charge in [0.25, 0.3) is 0 Å². The Morgan fingerprint density at radius 1 is 1.32 bits per heavy atom. The second-order valence-electron chi connectivity index (χ2n) is 6.64. The van der Waals surface area contributed by atoms with Crippen LogP contribution in [0.5, 0.6) is 0 Å². The van der Waals surface area contributed by atoms with Crippen LogP contribution in [0.3, 0.4) is 0 Å². The summed E-state index contributed by atoms with van der Waals surface area (Å²) in [4.78, 5) is 10.9. The molecule has 6 nitrogen and oxygen atoms in total. The Bertz CT molecular complexity index is 652. The summed E-state index contributed by atoms with van der Waals surface area (Å²) in [5, 5.41) is 6.95. The highest BCUT2D eigenvalue weighted by Gasteiger charge is 2.29. The third kappa shape index (κ3) is 5.06. The van der Waals surface area contributed by atoms with Gasteiger partial charge in [0, 0.05) is 57.7 Å². The fourth-order valence-electron chi connectivity index (χ4n) is 3.35. The van der Waals surface area contributed by atoms with E-state index >= 15 is 0 Å². The van der Waals surface area contributed by atoms with Crippen molar-refractivity contribution in [3.63, 3.8) is 0 Å². The number of hydrogen-bond donors (Lipinski definition) is 2. The molecule has 1 aromatic carbocycles. The summed E-state index contributed by atoms with van der Waals surface area (Å²) in [7, 11) is 1.83. The first-order chi connectivity index (χ1) is 12.2. The number of nitrogens with zero attached hydrogens (tertiary/aromatic N) is 4. The molecule has 2 atom stereocenters. The number of rotatable bonds is 6. The molecule has 1 aromatic heterocycles. The van der Waals surface area contributed by atoms with Gasteiger partial charge in [0.2, 0.25) is 0 Å². The minimum atomic E-state index is 0.429. The SMILES string of the molecule is CN=C(NCCn1ccnc1)NC1CC(C)N(Cc2ccccc2)C1. The summed E-state index contributed by atoms with van der Waals surface area (Å²) >= 11 is 0. The quantitative estimate of drug-likeness (QED) is 0.621. The lowest BCUT2D eigenvalue weighted by molar-refractivity contribution is 0.258. The van der Waals surface area contributed by atoms with E-state index in [1.54, 1.807) is 6.20 Å². The van der Waals surface area contributed by atoms with Crippen LogP contribution in [0.1, 0.15) is 18.9 Å². The fourth-order valence-corrected chi connectivity index (χ4v) is 3.35. The molecule has 0 bridgehead atoms. The van der Waals surface area contributed by atoms with Gasteiger partial charge in [-0.2, -0.15) is 0 Å². The highest BCUT2D eigenvalue weighted by Crippen LogP contribution is 2.20. The Labute approximate surface area is 150 Å². The van der Waals surface area contributed by atoms with Crippen LogP contribution in [0.4, 0.5) is 0 Å². The van der Waals surface area contributed by atoms with Crippen molar-refractivity contribution in [2.45, 2.75) is 38.5 Å². The third-order valence-electron chi connectivity index (χ3n) is 4.72. The van der Waals surface area contributed by atoms with E-state index in [1.165, 1.54) is 5.56 Å². The van der Waals surface area contributed by atoms with Crippen LogP contribution in [0.15, 0.2) is 54.0 Å². The summed E-state index contributed by atoms with van der Waals surface area (Å²) in [6.07, 6.45) is 6.74. The fraction of sp³-hybridized carbons (Fsp3) is 0.474. The predicted octanol–water partition coefficient (Wildman–Crippen LogP) is 1.71. The second kappa shape index (κ2) is 8.67. The smallest absolute Gasteiger partial charge is 0.191 e. The van der Waals surface area contributed by atoms with Crippen molar-refractivity contribution in [3.8, 4) is 0 Å². The van der Waals surface area contributed by atoms with Crippen molar-refractivity contribution in [2.75, 3.05) is 20.1 Å². The number of guanidine groups is 1. The van der Waals surface area contributed by atoms with Gasteiger partial charge in [0.1, 0.15) is 0 Å². The monoisotopic (exact) mass is 340 g/mol. The molecule has 2 heterocycles. The van der Waals surface area contributed by atoms with Crippen LogP contribution in [0.2, 0.25) is 0 Å². The molecule has 3 rings (SSSR count). The molecule has 0 amide bonds. The number of hydrogen-bond acceptors (Lipinski definition) is 3. The zero-order valence-electron chi connectivity index (χ0n) is 15.1. The Kier molecular flexibility index (Phi) is 6.06. The molecule has 0 radical (unpaired) electrons. The van der Waals surface area contributed by atoms with Crippen LogP contribution >= 0.6 is 0 Å². The average Bonchev–Trinajstić information content (AvgIpc) is 3.25. The predicted molar refractivity (Wildman–Crippen MR) is 101 cm³/mol. The Morgan fingerprint density at radius 3 is 2.88 bits per heavy atom. The van der Waals surface area contributed by atoms with Gasteiger partial charge in [-0.15, -0.1) is 0 Å². The summed E-state index contributed by atoms with van der Waals surface area (Å²) in [5.74, 6) is 0.874. The van der Waals surface area contributed by atoms with Gasteiger partial charge in [-0.25, -0.2) is 4.98 Å². The number of nitrogens with one attached hydrogen (secondary N) is 2. The van der Waals surface area contributed by atoms with E-state index in [9.17, 15) is 0 Å². The van der Waals surface area contributed by atoms with Crippen molar-refractivity contribution in [3.05, 3.63) is 54.6 Å². The van der Waals surface area contributed by atoms with Gasteiger partial charge in [-0.1, -0.05) is 30.3 Å². The largest absolute Gasteiger partial charge is 0.355 e. The van der Waals surface area contributed by atoms with Gasteiger partial charge in [-0.05, 0) is 18.9 Å². The van der Waals surface area contributed by atoms with Gasteiger partial charge in [-0.3, -0.25) is 9.89 Å². The lowest BCUT2D eigenvalue weighted by atomic mass is 10.2. The number of aromatic nitrogens is 2. The summed E-state index contributed by atoms with van der Waals surface area (Å²) in [6, 6.07) is 11.7. The van der Waals surface area contributed by atoms with E-state index in [-0.39, 0.29) is 0 Å². The van der Waals surface area contributed by atoms with E-state index in [4.69, 9.17) is 0 Å². The minimum absolute atomic E-state index is 0.429. The molecule has 1 aliphatic heterocycles. The van der Waals surface area contributed by atoms with Gasteiger partial charge < -0.3 is 15.2 Å². The van der Waals surface area contributed by atoms with Crippen molar-refractivity contribution in [1.29, 1.82) is 0 Å². The number of benzene rings is 1. The topological polar surface area (TPSA) is 57.5 Å². The van der Waals surface area contributed by atoms with Gasteiger partial charge in [0.15, 0.2) is 5.96 Å². The third-order valence-corrected chi connectivity index (χ3v) is 4.72. The van der Waals surface area contributed by atoms with Crippen LogP contribution in [-0.4, -0.2) is 52.6 Å². The molecule has 134 valence electrons. The van der Waals surface area contributed by atoms with Crippen LogP contribution < -0.4 is 10.6 Å². The Hall–Kier alpha value is -2.34. The Balaban J connectivity index is 1.45. The zero-order chi connectivity index (χ0) is 17.5. The molecule has 2 unspecified atom stereocenters. The first-order valence-electron chi connectivity index (χ1n) is 8.95. The minimum Gasteiger partial charge on any atom is -0.355 e. The van der Waals surface area contributed by atoms with Crippen LogP contribution in [-0.2, 0) is 13.1 Å². The molecule has 0 aliphatic carbocycles. The van der Waals surface area contributed by atoms with Gasteiger partial charge in [0.05, 0.1) is 6.33 Å². The molecule has 0 saturated carbocycles. The van der Waals surface area contributed by atoms with Crippen molar-refractivity contribution < 1.29 is 0 Å². The molecule has 1 saturated heterocycles. The lowest BCUT2D eigenvalue weighted by Crippen LogP contribution is -2.45. The highest BCUT2D eigenvalue weighted by atomic mass is 15.3. The standard InChI is InChI=1S/C19H28N6/c1-16-12-18(14-25(16)13-17-6-4-3-5-7-17)23-19(20-2)22-9-11-24-10-8-21-15-24/h3-8,10,15-16,18H,9,11-14H2,1-2H3,(H2,20,22,23). The summed E-state index contributed by atoms with van der Waals surface area (Å²) < 4.78 is 2.06. The van der Waals surface area contributed by atoms with Crippen LogP contribution in [0, 0.1) is 0 Å². The first kappa shape index (κ1) is 17.5. The van der Waals surface area contributed by atoms with E-state index in [1.807, 2.05) is 19.6 Å². The Morgan fingerprint density at radius 2 is 2.16 bits per heavy atom. The molecule has 25 heavy (non-hydrogen) atoms. The molecule has 0 spiro atoms. The molecular formula is C19H28N6. The molecular weight excluding hydrogens is 312 g/mol. The van der Waals surface area contributed by atoms with E-state index in [0.29, 0.717) is 12.1 Å². The zero-order valence-corrected chi connectivity index (χ0v) is 15.1. The van der Waals surface area contributed by atoms with Gasteiger partial charge >= 0.3 is 0 Å². The number of likely N-dealkylation sites (tertiary alicyclic amines) is 1. The molecule has 2 N–H and O–H groups in total. The maximum Gasteiger partial charge on any atom is 0.191 e. The summed E-state index contributed by atoms with van der Waals surface area (Å²) in [5.41, 5.74) is 1.37. The average molecular weight is 340 g/mol. The lowest BCUT2D eigenvalue weighted by Gasteiger charge is -2.21. The normalized spacial score (nSPS) is 21.4. The second-order valence-corrected chi connectivity index (χ2v) is 6.64. The number of imidazole rings is 1.